The Morgan fingerprint density at radius 1 is 1.08 bits per heavy atom. The van der Waals surface area contributed by atoms with E-state index in [2.05, 4.69) is 15.7 Å². The SMILES string of the molecule is O=C(O)CNC(=O)c1ccc(NC(=O)c2ccnn2C2CCCC2)cc1. The lowest BCUT2D eigenvalue weighted by molar-refractivity contribution is -0.135. The van der Waals surface area contributed by atoms with Gasteiger partial charge in [-0.15, -0.1) is 0 Å². The van der Waals surface area contributed by atoms with Gasteiger partial charge in [0, 0.05) is 17.4 Å². The molecule has 1 aromatic heterocycles. The first kappa shape index (κ1) is 17.7. The molecular formula is C18H20N4O4. The Labute approximate surface area is 150 Å². The van der Waals surface area contributed by atoms with Crippen LogP contribution < -0.4 is 10.6 Å². The summed E-state index contributed by atoms with van der Waals surface area (Å²) in [5.74, 6) is -1.84. The highest BCUT2D eigenvalue weighted by Crippen LogP contribution is 2.29. The number of carboxylic acids is 1. The van der Waals surface area contributed by atoms with Gasteiger partial charge in [-0.1, -0.05) is 12.8 Å². The molecule has 1 aliphatic rings. The summed E-state index contributed by atoms with van der Waals surface area (Å²) in [6, 6.07) is 8.23. The molecule has 8 nitrogen and oxygen atoms in total. The quantitative estimate of drug-likeness (QED) is 0.733. The summed E-state index contributed by atoms with van der Waals surface area (Å²) >= 11 is 0. The Bertz CT molecular complexity index is 807. The van der Waals surface area contributed by atoms with Crippen LogP contribution in [0.5, 0.6) is 0 Å². The van der Waals surface area contributed by atoms with Crippen molar-refractivity contribution in [3.8, 4) is 0 Å². The van der Waals surface area contributed by atoms with Crippen LogP contribution in [-0.4, -0.2) is 39.2 Å². The van der Waals surface area contributed by atoms with Gasteiger partial charge in [0.15, 0.2) is 0 Å². The molecule has 3 rings (SSSR count). The summed E-state index contributed by atoms with van der Waals surface area (Å²) in [4.78, 5) is 34.8. The van der Waals surface area contributed by atoms with Crippen molar-refractivity contribution in [3.05, 3.63) is 47.8 Å². The van der Waals surface area contributed by atoms with Gasteiger partial charge in [-0.05, 0) is 43.2 Å². The first-order valence-corrected chi connectivity index (χ1v) is 8.49. The van der Waals surface area contributed by atoms with E-state index in [1.807, 2.05) is 0 Å². The zero-order chi connectivity index (χ0) is 18.5. The van der Waals surface area contributed by atoms with Crippen LogP contribution >= 0.6 is 0 Å². The van der Waals surface area contributed by atoms with Gasteiger partial charge in [-0.25, -0.2) is 0 Å². The van der Waals surface area contributed by atoms with Gasteiger partial charge >= 0.3 is 5.97 Å². The van der Waals surface area contributed by atoms with Crippen molar-refractivity contribution in [2.75, 3.05) is 11.9 Å². The Hall–Kier alpha value is -3.16. The summed E-state index contributed by atoms with van der Waals surface area (Å²) in [7, 11) is 0. The van der Waals surface area contributed by atoms with E-state index in [4.69, 9.17) is 5.11 Å². The van der Waals surface area contributed by atoms with Crippen molar-refractivity contribution >= 4 is 23.5 Å². The molecule has 136 valence electrons. The molecule has 2 aromatic rings. The standard InChI is InChI=1S/C18H20N4O4/c23-16(24)11-19-17(25)12-5-7-13(8-6-12)21-18(26)15-9-10-20-22(15)14-3-1-2-4-14/h5-10,14H,1-4,11H2,(H,19,25)(H,21,26)(H,23,24). The highest BCUT2D eigenvalue weighted by molar-refractivity contribution is 6.03. The minimum Gasteiger partial charge on any atom is -0.480 e. The van der Waals surface area contributed by atoms with Gasteiger partial charge in [-0.2, -0.15) is 5.10 Å². The van der Waals surface area contributed by atoms with E-state index in [-0.39, 0.29) is 11.9 Å². The third kappa shape index (κ3) is 4.08. The molecule has 8 heteroatoms. The van der Waals surface area contributed by atoms with Crippen molar-refractivity contribution < 1.29 is 19.5 Å². The van der Waals surface area contributed by atoms with Crippen LogP contribution in [0.3, 0.4) is 0 Å². The van der Waals surface area contributed by atoms with Gasteiger partial charge in [-0.3, -0.25) is 19.1 Å². The minimum absolute atomic E-state index is 0.252. The van der Waals surface area contributed by atoms with Crippen LogP contribution in [0.2, 0.25) is 0 Å². The van der Waals surface area contributed by atoms with Crippen molar-refractivity contribution in [1.82, 2.24) is 15.1 Å². The molecule has 1 saturated carbocycles. The van der Waals surface area contributed by atoms with Gasteiger partial charge in [0.25, 0.3) is 11.8 Å². The van der Waals surface area contributed by atoms with E-state index in [9.17, 15) is 14.4 Å². The second-order valence-corrected chi connectivity index (χ2v) is 6.21. The molecule has 2 amide bonds. The smallest absolute Gasteiger partial charge is 0.322 e. The van der Waals surface area contributed by atoms with E-state index < -0.39 is 18.4 Å². The molecule has 0 atom stereocenters. The predicted molar refractivity (Wildman–Crippen MR) is 94.1 cm³/mol. The average Bonchev–Trinajstić information content (AvgIpc) is 3.31. The number of anilines is 1. The summed E-state index contributed by atoms with van der Waals surface area (Å²) in [5.41, 5.74) is 1.38. The number of hydrogen-bond donors (Lipinski definition) is 3. The third-order valence-corrected chi connectivity index (χ3v) is 4.38. The number of benzene rings is 1. The van der Waals surface area contributed by atoms with Crippen LogP contribution in [0, 0.1) is 0 Å². The Morgan fingerprint density at radius 2 is 1.77 bits per heavy atom. The number of carbonyl (C=O) groups is 3. The Kier molecular flexibility index (Phi) is 5.31. The summed E-state index contributed by atoms with van der Waals surface area (Å²) in [6.45, 7) is -0.442. The molecule has 0 bridgehead atoms. The van der Waals surface area contributed by atoms with Crippen LogP contribution in [0.4, 0.5) is 5.69 Å². The van der Waals surface area contributed by atoms with Gasteiger partial charge in [0.05, 0.1) is 6.04 Å². The number of nitrogens with zero attached hydrogens (tertiary/aromatic N) is 2. The number of hydrogen-bond acceptors (Lipinski definition) is 4. The van der Waals surface area contributed by atoms with E-state index in [0.29, 0.717) is 16.9 Å². The fourth-order valence-corrected chi connectivity index (χ4v) is 3.09. The molecule has 1 aliphatic carbocycles. The molecule has 1 heterocycles. The van der Waals surface area contributed by atoms with Crippen LogP contribution in [-0.2, 0) is 4.79 Å². The summed E-state index contributed by atoms with van der Waals surface area (Å²) < 4.78 is 1.79. The zero-order valence-corrected chi connectivity index (χ0v) is 14.1. The zero-order valence-electron chi connectivity index (χ0n) is 14.1. The lowest BCUT2D eigenvalue weighted by Crippen LogP contribution is -2.29. The maximum Gasteiger partial charge on any atom is 0.322 e. The maximum absolute atomic E-state index is 12.5. The largest absolute Gasteiger partial charge is 0.480 e. The Morgan fingerprint density at radius 3 is 2.42 bits per heavy atom. The average molecular weight is 356 g/mol. The molecule has 0 saturated heterocycles. The summed E-state index contributed by atoms with van der Waals surface area (Å²) in [5, 5.41) is 17.9. The molecule has 0 aliphatic heterocycles. The third-order valence-electron chi connectivity index (χ3n) is 4.38. The fraction of sp³-hybridized carbons (Fsp3) is 0.333. The van der Waals surface area contributed by atoms with E-state index in [0.717, 1.165) is 25.7 Å². The van der Waals surface area contributed by atoms with Crippen molar-refractivity contribution in [2.24, 2.45) is 0 Å². The van der Waals surface area contributed by atoms with E-state index in [1.54, 1.807) is 29.1 Å². The van der Waals surface area contributed by atoms with Crippen molar-refractivity contribution in [2.45, 2.75) is 31.7 Å². The van der Waals surface area contributed by atoms with E-state index in [1.165, 1.54) is 12.1 Å². The number of amides is 2. The molecular weight excluding hydrogens is 336 g/mol. The number of carbonyl (C=O) groups excluding carboxylic acids is 2. The van der Waals surface area contributed by atoms with Crippen LogP contribution in [0.1, 0.15) is 52.6 Å². The first-order chi connectivity index (χ1) is 12.5. The van der Waals surface area contributed by atoms with Gasteiger partial charge < -0.3 is 15.7 Å². The highest BCUT2D eigenvalue weighted by atomic mass is 16.4. The fourth-order valence-electron chi connectivity index (χ4n) is 3.09. The highest BCUT2D eigenvalue weighted by Gasteiger charge is 2.22. The maximum atomic E-state index is 12.5. The number of aromatic nitrogens is 2. The molecule has 1 fully saturated rings. The molecule has 0 unspecified atom stereocenters. The van der Waals surface area contributed by atoms with E-state index >= 15 is 0 Å². The molecule has 3 N–H and O–H groups in total. The minimum atomic E-state index is -1.11. The topological polar surface area (TPSA) is 113 Å². The predicted octanol–water partition coefficient (Wildman–Crippen LogP) is 2.06. The Balaban J connectivity index is 1.64. The number of carboxylic acid groups (broad SMARTS) is 1. The van der Waals surface area contributed by atoms with Crippen molar-refractivity contribution in [3.63, 3.8) is 0 Å². The molecule has 0 radical (unpaired) electrons. The lowest BCUT2D eigenvalue weighted by atomic mass is 10.2. The van der Waals surface area contributed by atoms with Crippen molar-refractivity contribution in [1.29, 1.82) is 0 Å². The summed E-state index contributed by atoms with van der Waals surface area (Å²) in [6.07, 6.45) is 5.99. The van der Waals surface area contributed by atoms with Gasteiger partial charge in [0.1, 0.15) is 12.2 Å². The van der Waals surface area contributed by atoms with Gasteiger partial charge in [0.2, 0.25) is 0 Å². The monoisotopic (exact) mass is 356 g/mol. The molecule has 1 aromatic carbocycles. The molecule has 0 spiro atoms. The second-order valence-electron chi connectivity index (χ2n) is 6.21. The molecule has 26 heavy (non-hydrogen) atoms. The van der Waals surface area contributed by atoms with Crippen LogP contribution in [0.25, 0.3) is 0 Å². The number of rotatable bonds is 6. The number of nitrogens with one attached hydrogen (secondary N) is 2. The lowest BCUT2D eigenvalue weighted by Gasteiger charge is -2.14. The second kappa shape index (κ2) is 7.81. The number of aliphatic carboxylic acids is 1. The normalized spacial score (nSPS) is 14.2. The van der Waals surface area contributed by atoms with Crippen LogP contribution in [0.15, 0.2) is 36.5 Å². The first-order valence-electron chi connectivity index (χ1n) is 8.49.